The molecule has 0 atom stereocenters. The van der Waals surface area contributed by atoms with Crippen molar-refractivity contribution >= 4 is 0 Å². The zero-order valence-electron chi connectivity index (χ0n) is 5.77. The predicted molar refractivity (Wildman–Crippen MR) is 34.1 cm³/mol. The maximum Gasteiger partial charge on any atom is 0.284 e. The highest BCUT2D eigenvalue weighted by molar-refractivity contribution is 5.03. The van der Waals surface area contributed by atoms with Gasteiger partial charge in [-0.3, -0.25) is 0 Å². The van der Waals surface area contributed by atoms with Gasteiger partial charge in [0.25, 0.3) is 6.39 Å². The third-order valence-corrected chi connectivity index (χ3v) is 1.27. The molecular formula is C7H10NO. The minimum absolute atomic E-state index is 0.900. The molecule has 9 heavy (non-hydrogen) atoms. The second-order valence-electron chi connectivity index (χ2n) is 2.06. The van der Waals surface area contributed by atoms with Crippen LogP contribution in [0.3, 0.4) is 0 Å². The molecule has 0 bridgehead atoms. The Morgan fingerprint density at radius 3 is 2.89 bits per heavy atom. The standard InChI is InChI=1S/C7H10NO/c1-3-4-7-6(2)9-5-8-7/h3-4H2,1-2H3. The molecule has 0 fully saturated rings. The van der Waals surface area contributed by atoms with E-state index in [2.05, 4.69) is 18.3 Å². The zero-order valence-corrected chi connectivity index (χ0v) is 5.77. The van der Waals surface area contributed by atoms with Gasteiger partial charge in [0, 0.05) is 0 Å². The highest BCUT2D eigenvalue weighted by Crippen LogP contribution is 2.05. The number of hydrogen-bond acceptors (Lipinski definition) is 2. The molecule has 0 saturated heterocycles. The Labute approximate surface area is 54.9 Å². The first kappa shape index (κ1) is 6.33. The molecule has 2 nitrogen and oxygen atoms in total. The number of oxazole rings is 1. The molecular weight excluding hydrogens is 114 g/mol. The minimum atomic E-state index is 0.900. The van der Waals surface area contributed by atoms with E-state index in [1.54, 1.807) is 0 Å². The molecule has 0 saturated carbocycles. The second kappa shape index (κ2) is 2.67. The first-order valence-corrected chi connectivity index (χ1v) is 3.17. The Bertz CT molecular complexity index is 181. The molecule has 0 aromatic carbocycles. The van der Waals surface area contributed by atoms with Crippen molar-refractivity contribution in [1.82, 2.24) is 4.98 Å². The average Bonchev–Trinajstić information content (AvgIpc) is 2.18. The molecule has 1 rings (SSSR count). The summed E-state index contributed by atoms with van der Waals surface area (Å²) in [6.45, 7) is 4.03. The first-order chi connectivity index (χ1) is 4.34. The quantitative estimate of drug-likeness (QED) is 0.600. The van der Waals surface area contributed by atoms with E-state index in [0.29, 0.717) is 0 Å². The molecule has 0 unspecified atom stereocenters. The molecule has 1 aromatic rings. The monoisotopic (exact) mass is 124 g/mol. The Morgan fingerprint density at radius 2 is 2.44 bits per heavy atom. The Balaban J connectivity index is 2.69. The number of rotatable bonds is 2. The van der Waals surface area contributed by atoms with Crippen LogP contribution in [0, 0.1) is 13.3 Å². The molecule has 2 heteroatoms. The Kier molecular flexibility index (Phi) is 1.88. The third kappa shape index (κ3) is 1.31. The molecule has 0 spiro atoms. The van der Waals surface area contributed by atoms with Gasteiger partial charge in [0.1, 0.15) is 5.76 Å². The lowest BCUT2D eigenvalue weighted by Gasteiger charge is -1.88. The van der Waals surface area contributed by atoms with Crippen molar-refractivity contribution < 1.29 is 4.42 Å². The maximum atomic E-state index is 4.88. The highest BCUT2D eigenvalue weighted by Gasteiger charge is 1.99. The van der Waals surface area contributed by atoms with Crippen LogP contribution < -0.4 is 0 Å². The van der Waals surface area contributed by atoms with Crippen molar-refractivity contribution in [3.63, 3.8) is 0 Å². The van der Waals surface area contributed by atoms with Gasteiger partial charge in [0.15, 0.2) is 0 Å². The molecule has 0 amide bonds. The summed E-state index contributed by atoms with van der Waals surface area (Å²) in [6.07, 6.45) is 4.57. The highest BCUT2D eigenvalue weighted by atomic mass is 16.3. The Morgan fingerprint density at radius 1 is 1.67 bits per heavy atom. The van der Waals surface area contributed by atoms with Crippen LogP contribution in [0.15, 0.2) is 4.42 Å². The summed E-state index contributed by atoms with van der Waals surface area (Å²) in [5.41, 5.74) is 1.04. The first-order valence-electron chi connectivity index (χ1n) is 3.17. The lowest BCUT2D eigenvalue weighted by molar-refractivity contribution is 0.515. The fourth-order valence-electron chi connectivity index (χ4n) is 0.753. The molecule has 0 aliphatic heterocycles. The summed E-state index contributed by atoms with van der Waals surface area (Å²) in [5.74, 6) is 0.900. The molecule has 0 aliphatic carbocycles. The van der Waals surface area contributed by atoms with Crippen molar-refractivity contribution in [1.29, 1.82) is 0 Å². The zero-order chi connectivity index (χ0) is 6.69. The van der Waals surface area contributed by atoms with Gasteiger partial charge in [-0.2, -0.15) is 0 Å². The van der Waals surface area contributed by atoms with E-state index < -0.39 is 0 Å². The van der Waals surface area contributed by atoms with Gasteiger partial charge in [-0.25, -0.2) is 4.98 Å². The van der Waals surface area contributed by atoms with Gasteiger partial charge >= 0.3 is 0 Å². The molecule has 1 radical (unpaired) electrons. The SMILES string of the molecule is CCCc1n[c]oc1C. The largest absolute Gasteiger partial charge is 0.438 e. The minimum Gasteiger partial charge on any atom is -0.438 e. The van der Waals surface area contributed by atoms with E-state index in [1.807, 2.05) is 6.92 Å². The number of aromatic nitrogens is 1. The van der Waals surface area contributed by atoms with Crippen molar-refractivity contribution in [3.8, 4) is 0 Å². The third-order valence-electron chi connectivity index (χ3n) is 1.27. The van der Waals surface area contributed by atoms with E-state index in [1.165, 1.54) is 0 Å². The number of aryl methyl sites for hydroxylation is 2. The molecule has 1 heterocycles. The van der Waals surface area contributed by atoms with Crippen molar-refractivity contribution in [2.75, 3.05) is 0 Å². The molecule has 1 aromatic heterocycles. The lowest BCUT2D eigenvalue weighted by atomic mass is 10.2. The number of hydrogen-bond donors (Lipinski definition) is 0. The number of nitrogens with zero attached hydrogens (tertiary/aromatic N) is 1. The fourth-order valence-corrected chi connectivity index (χ4v) is 0.753. The van der Waals surface area contributed by atoms with E-state index in [9.17, 15) is 0 Å². The summed E-state index contributed by atoms with van der Waals surface area (Å²) in [6, 6.07) is 0. The van der Waals surface area contributed by atoms with E-state index in [-0.39, 0.29) is 0 Å². The van der Waals surface area contributed by atoms with Crippen LogP contribution in [-0.2, 0) is 6.42 Å². The van der Waals surface area contributed by atoms with E-state index in [0.717, 1.165) is 24.3 Å². The average molecular weight is 124 g/mol. The van der Waals surface area contributed by atoms with Crippen molar-refractivity contribution in [2.45, 2.75) is 26.7 Å². The predicted octanol–water partition coefficient (Wildman–Crippen LogP) is 1.74. The maximum absolute atomic E-state index is 4.88. The smallest absolute Gasteiger partial charge is 0.284 e. The second-order valence-corrected chi connectivity index (χ2v) is 2.06. The molecule has 49 valence electrons. The van der Waals surface area contributed by atoms with Gasteiger partial charge < -0.3 is 4.42 Å². The molecule has 0 N–H and O–H groups in total. The van der Waals surface area contributed by atoms with Gasteiger partial charge in [-0.15, -0.1) is 0 Å². The van der Waals surface area contributed by atoms with Gasteiger partial charge in [0.05, 0.1) is 5.69 Å². The van der Waals surface area contributed by atoms with Gasteiger partial charge in [-0.05, 0) is 13.3 Å². The van der Waals surface area contributed by atoms with E-state index >= 15 is 0 Å². The lowest BCUT2D eigenvalue weighted by Crippen LogP contribution is -1.84. The fraction of sp³-hybridized carbons (Fsp3) is 0.571. The van der Waals surface area contributed by atoms with Crippen LogP contribution in [0.5, 0.6) is 0 Å². The summed E-state index contributed by atoms with van der Waals surface area (Å²) in [5, 5.41) is 0. The normalized spacial score (nSPS) is 10.0. The van der Waals surface area contributed by atoms with Crippen LogP contribution in [-0.4, -0.2) is 4.98 Å². The summed E-state index contributed by atoms with van der Waals surface area (Å²) in [4.78, 5) is 3.91. The van der Waals surface area contributed by atoms with Crippen LogP contribution >= 0.6 is 0 Å². The molecule has 0 aliphatic rings. The van der Waals surface area contributed by atoms with Crippen molar-refractivity contribution in [2.24, 2.45) is 0 Å². The van der Waals surface area contributed by atoms with Crippen molar-refractivity contribution in [3.05, 3.63) is 17.8 Å². The topological polar surface area (TPSA) is 26.0 Å². The van der Waals surface area contributed by atoms with Crippen LogP contribution in [0.1, 0.15) is 24.8 Å². The summed E-state index contributed by atoms with van der Waals surface area (Å²) >= 11 is 0. The van der Waals surface area contributed by atoms with Crippen LogP contribution in [0.2, 0.25) is 0 Å². The van der Waals surface area contributed by atoms with Gasteiger partial charge in [-0.1, -0.05) is 13.3 Å². The summed E-state index contributed by atoms with van der Waals surface area (Å²) < 4.78 is 4.88. The van der Waals surface area contributed by atoms with Crippen LogP contribution in [0.25, 0.3) is 0 Å². The summed E-state index contributed by atoms with van der Waals surface area (Å²) in [7, 11) is 0. The Hall–Kier alpha value is -0.790. The van der Waals surface area contributed by atoms with Gasteiger partial charge in [0.2, 0.25) is 0 Å². The van der Waals surface area contributed by atoms with Crippen LogP contribution in [0.4, 0.5) is 0 Å². The van der Waals surface area contributed by atoms with E-state index in [4.69, 9.17) is 4.42 Å².